The summed E-state index contributed by atoms with van der Waals surface area (Å²) in [5.74, 6) is -0.102. The van der Waals surface area contributed by atoms with Crippen molar-refractivity contribution in [3.05, 3.63) is 24.3 Å². The number of fused-ring (bicyclic) bond motifs is 1. The molecule has 1 saturated carbocycles. The Bertz CT molecular complexity index is 958. The van der Waals surface area contributed by atoms with Crippen LogP contribution in [0.3, 0.4) is 0 Å². The number of rotatable bonds is 5. The SMILES string of the molecule is CC(C)c1nc(-c2cnc(N)c(OC(F)(F)F)c2)cn1[C@H]1[C@@H]2CN(CC(F)(F)F)C[C@@H]21. The van der Waals surface area contributed by atoms with E-state index < -0.39 is 30.7 Å². The predicted octanol–water partition coefficient (Wildman–Crippen LogP) is 4.21. The van der Waals surface area contributed by atoms with E-state index in [0.717, 1.165) is 6.07 Å². The molecule has 0 aromatic carbocycles. The molecule has 0 spiro atoms. The van der Waals surface area contributed by atoms with E-state index in [0.29, 0.717) is 30.2 Å². The van der Waals surface area contributed by atoms with E-state index in [1.807, 2.05) is 18.4 Å². The lowest BCUT2D eigenvalue weighted by atomic mass is 10.2. The number of halogens is 6. The van der Waals surface area contributed by atoms with Crippen LogP contribution in [0.2, 0.25) is 0 Å². The van der Waals surface area contributed by atoms with Gasteiger partial charge in [-0.1, -0.05) is 13.8 Å². The highest BCUT2D eigenvalue weighted by molar-refractivity contribution is 5.64. The van der Waals surface area contributed by atoms with Gasteiger partial charge in [0.2, 0.25) is 0 Å². The number of hydrogen-bond donors (Lipinski definition) is 1. The Labute approximate surface area is 174 Å². The van der Waals surface area contributed by atoms with Crippen molar-refractivity contribution in [1.29, 1.82) is 0 Å². The van der Waals surface area contributed by atoms with E-state index in [2.05, 4.69) is 14.7 Å². The number of piperidine rings is 1. The largest absolute Gasteiger partial charge is 0.573 e. The van der Waals surface area contributed by atoms with Crippen LogP contribution in [0.5, 0.6) is 5.75 Å². The number of nitrogen functional groups attached to an aromatic ring is 1. The number of aromatic nitrogens is 3. The number of ether oxygens (including phenoxy) is 1. The third-order valence-electron chi connectivity index (χ3n) is 5.63. The summed E-state index contributed by atoms with van der Waals surface area (Å²) in [6.45, 7) is 3.64. The van der Waals surface area contributed by atoms with E-state index in [1.165, 1.54) is 11.1 Å². The summed E-state index contributed by atoms with van der Waals surface area (Å²) in [6, 6.07) is 1.15. The van der Waals surface area contributed by atoms with Gasteiger partial charge in [-0.25, -0.2) is 9.97 Å². The van der Waals surface area contributed by atoms with Crippen molar-refractivity contribution < 1.29 is 31.1 Å². The highest BCUT2D eigenvalue weighted by atomic mass is 19.4. The summed E-state index contributed by atoms with van der Waals surface area (Å²) in [7, 11) is 0. The highest BCUT2D eigenvalue weighted by Gasteiger charge is 2.58. The minimum atomic E-state index is -4.91. The van der Waals surface area contributed by atoms with Crippen molar-refractivity contribution in [2.45, 2.75) is 38.3 Å². The minimum Gasteiger partial charge on any atom is -0.402 e. The topological polar surface area (TPSA) is 69.2 Å². The van der Waals surface area contributed by atoms with Gasteiger partial charge in [0.15, 0.2) is 11.6 Å². The van der Waals surface area contributed by atoms with Gasteiger partial charge in [-0.3, -0.25) is 4.90 Å². The zero-order valence-corrected chi connectivity index (χ0v) is 16.7. The van der Waals surface area contributed by atoms with Crippen LogP contribution in [0.1, 0.15) is 31.6 Å². The molecule has 0 bridgehead atoms. The maximum Gasteiger partial charge on any atom is 0.573 e. The van der Waals surface area contributed by atoms with Gasteiger partial charge in [0, 0.05) is 43.0 Å². The van der Waals surface area contributed by atoms with Gasteiger partial charge >= 0.3 is 12.5 Å². The summed E-state index contributed by atoms with van der Waals surface area (Å²) >= 11 is 0. The zero-order valence-electron chi connectivity index (χ0n) is 16.7. The third kappa shape index (κ3) is 4.58. The minimum absolute atomic E-state index is 0.00833. The average molecular weight is 449 g/mol. The maximum atomic E-state index is 12.6. The third-order valence-corrected chi connectivity index (χ3v) is 5.63. The van der Waals surface area contributed by atoms with Crippen LogP contribution in [0.4, 0.5) is 32.2 Å². The maximum absolute atomic E-state index is 12.6. The van der Waals surface area contributed by atoms with Gasteiger partial charge in [-0.15, -0.1) is 13.2 Å². The number of nitrogens with two attached hydrogens (primary N) is 1. The Balaban J connectivity index is 1.57. The molecule has 4 rings (SSSR count). The highest BCUT2D eigenvalue weighted by Crippen LogP contribution is 2.56. The Hall–Kier alpha value is -2.50. The molecule has 1 aliphatic heterocycles. The fourth-order valence-electron chi connectivity index (χ4n) is 4.39. The summed E-state index contributed by atoms with van der Waals surface area (Å²) < 4.78 is 81.6. The molecule has 3 heterocycles. The molecule has 2 N–H and O–H groups in total. The first-order valence-electron chi connectivity index (χ1n) is 9.72. The number of nitrogens with zero attached hydrogens (tertiary/aromatic N) is 4. The number of pyridine rings is 1. The molecule has 1 saturated heterocycles. The first kappa shape index (κ1) is 21.7. The molecule has 3 atom stereocenters. The molecule has 0 amide bonds. The second-order valence-corrected chi connectivity index (χ2v) is 8.33. The Morgan fingerprint density at radius 2 is 1.81 bits per heavy atom. The predicted molar refractivity (Wildman–Crippen MR) is 99.2 cm³/mol. The first-order chi connectivity index (χ1) is 14.3. The summed E-state index contributed by atoms with van der Waals surface area (Å²) in [5.41, 5.74) is 6.20. The van der Waals surface area contributed by atoms with E-state index in [1.54, 1.807) is 6.20 Å². The molecule has 0 radical (unpaired) electrons. The monoisotopic (exact) mass is 449 g/mol. The summed E-state index contributed by atoms with van der Waals surface area (Å²) in [6.07, 6.45) is -6.11. The average Bonchev–Trinajstić information content (AvgIpc) is 2.97. The van der Waals surface area contributed by atoms with E-state index in [-0.39, 0.29) is 23.8 Å². The normalized spacial score (nSPS) is 24.0. The van der Waals surface area contributed by atoms with Crippen LogP contribution in [0.25, 0.3) is 11.3 Å². The first-order valence-corrected chi connectivity index (χ1v) is 9.72. The van der Waals surface area contributed by atoms with Gasteiger partial charge < -0.3 is 15.0 Å². The van der Waals surface area contributed by atoms with E-state index >= 15 is 0 Å². The molecule has 2 aromatic heterocycles. The number of anilines is 1. The van der Waals surface area contributed by atoms with Crippen molar-refractivity contribution in [3.8, 4) is 17.0 Å². The zero-order chi connectivity index (χ0) is 22.7. The molecule has 1 aliphatic carbocycles. The van der Waals surface area contributed by atoms with Crippen molar-refractivity contribution in [3.63, 3.8) is 0 Å². The van der Waals surface area contributed by atoms with E-state index in [4.69, 9.17) is 5.73 Å². The second kappa shape index (κ2) is 7.28. The summed E-state index contributed by atoms with van der Waals surface area (Å²) in [4.78, 5) is 9.75. The Morgan fingerprint density at radius 1 is 1.16 bits per heavy atom. The molecule has 31 heavy (non-hydrogen) atoms. The van der Waals surface area contributed by atoms with Crippen LogP contribution >= 0.6 is 0 Å². The van der Waals surface area contributed by atoms with Crippen molar-refractivity contribution >= 4 is 5.82 Å². The second-order valence-electron chi connectivity index (χ2n) is 8.33. The molecule has 12 heteroatoms. The van der Waals surface area contributed by atoms with Gasteiger partial charge in [-0.2, -0.15) is 13.2 Å². The van der Waals surface area contributed by atoms with Crippen molar-refractivity contribution in [1.82, 2.24) is 19.4 Å². The van der Waals surface area contributed by atoms with Crippen molar-refractivity contribution in [2.24, 2.45) is 11.8 Å². The standard InChI is InChI=1S/C19H21F6N5O/c1-9(2)17-28-13(10-3-14(16(26)27-4-10)31-19(23,24)25)7-30(17)15-11-5-29(6-12(11)15)8-18(20,21)22/h3-4,7,9,11-12,15H,5-6,8H2,1-2H3,(H2,26,27)/t11-,12+,15+. The molecule has 0 unspecified atom stereocenters. The van der Waals surface area contributed by atoms with E-state index in [9.17, 15) is 26.3 Å². The lowest BCUT2D eigenvalue weighted by Gasteiger charge is -2.22. The fourth-order valence-corrected chi connectivity index (χ4v) is 4.39. The van der Waals surface area contributed by atoms with Gasteiger partial charge in [-0.05, 0) is 17.9 Å². The fraction of sp³-hybridized carbons (Fsp3) is 0.579. The van der Waals surface area contributed by atoms with Gasteiger partial charge in [0.1, 0.15) is 5.82 Å². The quantitative estimate of drug-likeness (QED) is 0.693. The lowest BCUT2D eigenvalue weighted by molar-refractivity contribution is -0.274. The lowest BCUT2D eigenvalue weighted by Crippen LogP contribution is -2.34. The number of hydrogen-bond acceptors (Lipinski definition) is 5. The molecular formula is C19H21F6N5O. The Kier molecular flexibility index (Phi) is 5.10. The van der Waals surface area contributed by atoms with Crippen molar-refractivity contribution in [2.75, 3.05) is 25.4 Å². The Morgan fingerprint density at radius 3 is 2.35 bits per heavy atom. The van der Waals surface area contributed by atoms with Crippen LogP contribution in [0, 0.1) is 11.8 Å². The number of alkyl halides is 6. The van der Waals surface area contributed by atoms with Crippen LogP contribution in [-0.2, 0) is 0 Å². The van der Waals surface area contributed by atoms with Gasteiger partial charge in [0.25, 0.3) is 0 Å². The smallest absolute Gasteiger partial charge is 0.402 e. The molecule has 2 aliphatic rings. The van der Waals surface area contributed by atoms with Crippen LogP contribution < -0.4 is 10.5 Å². The van der Waals surface area contributed by atoms with Crippen LogP contribution in [0.15, 0.2) is 18.5 Å². The molecular weight excluding hydrogens is 428 g/mol. The molecule has 2 fully saturated rings. The molecule has 6 nitrogen and oxygen atoms in total. The van der Waals surface area contributed by atoms with Gasteiger partial charge in [0.05, 0.1) is 12.2 Å². The number of imidazole rings is 1. The van der Waals surface area contributed by atoms with Crippen LogP contribution in [-0.4, -0.2) is 51.6 Å². The molecule has 170 valence electrons. The number of likely N-dealkylation sites (tertiary alicyclic amines) is 1. The molecule has 2 aromatic rings. The summed E-state index contributed by atoms with van der Waals surface area (Å²) in [5, 5.41) is 0.